The van der Waals surface area contributed by atoms with E-state index in [1.165, 1.54) is 25.1 Å². The van der Waals surface area contributed by atoms with Crippen LogP contribution in [-0.2, 0) is 11.2 Å². The second-order valence-electron chi connectivity index (χ2n) is 4.37. The summed E-state index contributed by atoms with van der Waals surface area (Å²) in [7, 11) is 0. The Balaban J connectivity index is 2.98. The van der Waals surface area contributed by atoms with E-state index in [1.807, 2.05) is 13.8 Å². The molecule has 0 bridgehead atoms. The van der Waals surface area contributed by atoms with E-state index >= 15 is 0 Å². The van der Waals surface area contributed by atoms with Crippen molar-refractivity contribution >= 4 is 5.78 Å². The van der Waals surface area contributed by atoms with E-state index in [9.17, 15) is 13.6 Å². The Bertz CT molecular complexity index is 365. The molecule has 0 aliphatic carbocycles. The summed E-state index contributed by atoms with van der Waals surface area (Å²) in [4.78, 5) is 11.4. The highest BCUT2D eigenvalue weighted by Gasteiger charge is 2.22. The number of carbonyl (C=O) groups is 1. The largest absolute Gasteiger partial charge is 0.300 e. The zero-order valence-corrected chi connectivity index (χ0v) is 9.76. The molecule has 0 saturated carbocycles. The third-order valence-electron chi connectivity index (χ3n) is 2.81. The van der Waals surface area contributed by atoms with Crippen molar-refractivity contribution in [2.45, 2.75) is 27.2 Å². The molecule has 0 spiro atoms. The first-order chi connectivity index (χ1) is 7.43. The fourth-order valence-corrected chi connectivity index (χ4v) is 1.80. The molecule has 1 unspecified atom stereocenters. The van der Waals surface area contributed by atoms with Gasteiger partial charge in [-0.25, -0.2) is 8.78 Å². The second-order valence-corrected chi connectivity index (χ2v) is 4.37. The number of benzene rings is 1. The molecule has 0 saturated heterocycles. The number of ketones is 1. The van der Waals surface area contributed by atoms with Crippen LogP contribution in [0.4, 0.5) is 8.78 Å². The van der Waals surface area contributed by atoms with Crippen molar-refractivity contribution < 1.29 is 13.6 Å². The minimum absolute atomic E-state index is 0.0106. The van der Waals surface area contributed by atoms with E-state index in [-0.39, 0.29) is 29.6 Å². The van der Waals surface area contributed by atoms with Gasteiger partial charge in [-0.15, -0.1) is 0 Å². The molecular weight excluding hydrogens is 210 g/mol. The molecule has 1 nitrogen and oxygen atoms in total. The van der Waals surface area contributed by atoms with Crippen LogP contribution in [0.3, 0.4) is 0 Å². The lowest BCUT2D eigenvalue weighted by Gasteiger charge is -2.18. The van der Waals surface area contributed by atoms with Crippen molar-refractivity contribution in [3.8, 4) is 0 Å². The molecule has 88 valence electrons. The number of Topliss-reactive ketones (excluding diaryl/α,β-unsaturated/α-hetero) is 1. The van der Waals surface area contributed by atoms with Crippen LogP contribution in [0.5, 0.6) is 0 Å². The van der Waals surface area contributed by atoms with Gasteiger partial charge >= 0.3 is 0 Å². The minimum Gasteiger partial charge on any atom is -0.300 e. The molecule has 0 aliphatic heterocycles. The number of rotatable bonds is 4. The van der Waals surface area contributed by atoms with Crippen LogP contribution >= 0.6 is 0 Å². The van der Waals surface area contributed by atoms with Crippen LogP contribution in [0.2, 0.25) is 0 Å². The molecule has 0 aliphatic rings. The maximum atomic E-state index is 13.4. The lowest BCUT2D eigenvalue weighted by Crippen LogP contribution is -2.21. The number of hydrogen-bond donors (Lipinski definition) is 0. The average Bonchev–Trinajstić information content (AvgIpc) is 2.15. The monoisotopic (exact) mass is 226 g/mol. The van der Waals surface area contributed by atoms with Gasteiger partial charge in [-0.1, -0.05) is 19.9 Å². The van der Waals surface area contributed by atoms with Crippen LogP contribution in [-0.4, -0.2) is 5.78 Å². The van der Waals surface area contributed by atoms with E-state index in [4.69, 9.17) is 0 Å². The van der Waals surface area contributed by atoms with Gasteiger partial charge in [-0.2, -0.15) is 0 Å². The molecule has 0 heterocycles. The summed E-state index contributed by atoms with van der Waals surface area (Å²) >= 11 is 0. The molecule has 1 rings (SSSR count). The lowest BCUT2D eigenvalue weighted by atomic mass is 9.86. The Morgan fingerprint density at radius 3 is 2.12 bits per heavy atom. The standard InChI is InChI=1S/C13H16F2O/c1-8(2)10(9(3)16)7-11-12(14)5-4-6-13(11)15/h4-6,8,10H,7H2,1-3H3. The fourth-order valence-electron chi connectivity index (χ4n) is 1.80. The Kier molecular flexibility index (Phi) is 4.16. The van der Waals surface area contributed by atoms with Crippen molar-refractivity contribution in [2.75, 3.05) is 0 Å². The van der Waals surface area contributed by atoms with Crippen LogP contribution in [0.1, 0.15) is 26.3 Å². The molecule has 1 aromatic carbocycles. The zero-order valence-electron chi connectivity index (χ0n) is 9.76. The van der Waals surface area contributed by atoms with E-state index in [2.05, 4.69) is 0 Å². The first-order valence-electron chi connectivity index (χ1n) is 5.36. The van der Waals surface area contributed by atoms with Gasteiger partial charge in [-0.05, 0) is 31.4 Å². The molecule has 0 aromatic heterocycles. The van der Waals surface area contributed by atoms with Crippen LogP contribution in [0, 0.1) is 23.5 Å². The number of halogens is 2. The van der Waals surface area contributed by atoms with Crippen LogP contribution < -0.4 is 0 Å². The summed E-state index contributed by atoms with van der Waals surface area (Å²) < 4.78 is 26.8. The van der Waals surface area contributed by atoms with Crippen molar-refractivity contribution in [3.63, 3.8) is 0 Å². The van der Waals surface area contributed by atoms with E-state index in [0.29, 0.717) is 0 Å². The summed E-state index contributed by atoms with van der Waals surface area (Å²) in [6, 6.07) is 3.76. The third-order valence-corrected chi connectivity index (χ3v) is 2.81. The second kappa shape index (κ2) is 5.19. The van der Waals surface area contributed by atoms with Gasteiger partial charge < -0.3 is 0 Å². The Morgan fingerprint density at radius 2 is 1.75 bits per heavy atom. The lowest BCUT2D eigenvalue weighted by molar-refractivity contribution is -0.121. The van der Waals surface area contributed by atoms with Gasteiger partial charge in [-0.3, -0.25) is 4.79 Å². The van der Waals surface area contributed by atoms with Crippen molar-refractivity contribution in [2.24, 2.45) is 11.8 Å². The molecule has 3 heteroatoms. The summed E-state index contributed by atoms with van der Waals surface area (Å²) in [5.41, 5.74) is 0.0106. The number of carbonyl (C=O) groups excluding carboxylic acids is 1. The normalized spacial score (nSPS) is 12.9. The van der Waals surface area contributed by atoms with E-state index < -0.39 is 11.6 Å². The molecular formula is C13H16F2O. The highest BCUT2D eigenvalue weighted by atomic mass is 19.1. The maximum absolute atomic E-state index is 13.4. The fraction of sp³-hybridized carbons (Fsp3) is 0.462. The summed E-state index contributed by atoms with van der Waals surface area (Å²) in [5, 5.41) is 0. The molecule has 1 aromatic rings. The summed E-state index contributed by atoms with van der Waals surface area (Å²) in [6.45, 7) is 5.22. The van der Waals surface area contributed by atoms with Crippen LogP contribution in [0.15, 0.2) is 18.2 Å². The van der Waals surface area contributed by atoms with Gasteiger partial charge in [0.1, 0.15) is 17.4 Å². The zero-order chi connectivity index (χ0) is 12.3. The molecule has 1 atom stereocenters. The van der Waals surface area contributed by atoms with E-state index in [1.54, 1.807) is 0 Å². The third kappa shape index (κ3) is 2.87. The van der Waals surface area contributed by atoms with Crippen molar-refractivity contribution in [1.82, 2.24) is 0 Å². The van der Waals surface area contributed by atoms with Gasteiger partial charge in [0.05, 0.1) is 0 Å². The molecule has 16 heavy (non-hydrogen) atoms. The van der Waals surface area contributed by atoms with Gasteiger partial charge in [0.25, 0.3) is 0 Å². The predicted molar refractivity (Wildman–Crippen MR) is 59.1 cm³/mol. The van der Waals surface area contributed by atoms with Gasteiger partial charge in [0.15, 0.2) is 0 Å². The highest BCUT2D eigenvalue weighted by Crippen LogP contribution is 2.22. The highest BCUT2D eigenvalue weighted by molar-refractivity contribution is 5.78. The first-order valence-corrected chi connectivity index (χ1v) is 5.36. The molecule has 0 fully saturated rings. The summed E-state index contributed by atoms with van der Waals surface area (Å²) in [5.74, 6) is -1.43. The number of hydrogen-bond acceptors (Lipinski definition) is 1. The SMILES string of the molecule is CC(=O)C(Cc1c(F)cccc1F)C(C)C. The smallest absolute Gasteiger partial charge is 0.133 e. The topological polar surface area (TPSA) is 17.1 Å². The summed E-state index contributed by atoms with van der Waals surface area (Å²) in [6.07, 6.45) is 0.130. The van der Waals surface area contributed by atoms with Gasteiger partial charge in [0.2, 0.25) is 0 Å². The first kappa shape index (κ1) is 12.8. The van der Waals surface area contributed by atoms with E-state index in [0.717, 1.165) is 0 Å². The quantitative estimate of drug-likeness (QED) is 0.769. The molecule has 0 N–H and O–H groups in total. The van der Waals surface area contributed by atoms with Crippen molar-refractivity contribution in [1.29, 1.82) is 0 Å². The molecule has 0 radical (unpaired) electrons. The van der Waals surface area contributed by atoms with Crippen molar-refractivity contribution in [3.05, 3.63) is 35.4 Å². The van der Waals surface area contributed by atoms with Crippen LogP contribution in [0.25, 0.3) is 0 Å². The molecule has 0 amide bonds. The Morgan fingerprint density at radius 1 is 1.25 bits per heavy atom. The minimum atomic E-state index is -0.577. The maximum Gasteiger partial charge on any atom is 0.133 e. The Hall–Kier alpha value is -1.25. The van der Waals surface area contributed by atoms with Gasteiger partial charge in [0, 0.05) is 11.5 Å². The Labute approximate surface area is 94.5 Å². The predicted octanol–water partition coefficient (Wildman–Crippen LogP) is 3.37. The average molecular weight is 226 g/mol.